The van der Waals surface area contributed by atoms with Crippen LogP contribution in [0.3, 0.4) is 0 Å². The van der Waals surface area contributed by atoms with Crippen molar-refractivity contribution < 1.29 is 14.3 Å². The Morgan fingerprint density at radius 3 is 2.86 bits per heavy atom. The lowest BCUT2D eigenvalue weighted by molar-refractivity contribution is 0.00973. The Labute approximate surface area is 165 Å². The lowest BCUT2D eigenvalue weighted by Crippen LogP contribution is -2.57. The molecule has 2 aliphatic rings. The number of aliphatic imine (C=N–C) groups is 1. The minimum absolute atomic E-state index is 0.182. The zero-order chi connectivity index (χ0) is 20.5. The molecule has 0 radical (unpaired) electrons. The van der Waals surface area contributed by atoms with E-state index in [9.17, 15) is 10.1 Å². The summed E-state index contributed by atoms with van der Waals surface area (Å²) in [5.41, 5.74) is 0.244. The summed E-state index contributed by atoms with van der Waals surface area (Å²) in [6.07, 6.45) is 2.85. The van der Waals surface area contributed by atoms with E-state index in [1.54, 1.807) is 22.3 Å². The van der Waals surface area contributed by atoms with Crippen LogP contribution in [0.4, 0.5) is 16.3 Å². The molecule has 9 heteroatoms. The first kappa shape index (κ1) is 19.7. The second kappa shape index (κ2) is 7.54. The molecule has 3 rings (SSSR count). The highest BCUT2D eigenvalue weighted by atomic mass is 16.6. The molecular formula is C19H26N6O3. The maximum Gasteiger partial charge on any atom is 0.410 e. The fourth-order valence-electron chi connectivity index (χ4n) is 3.15. The number of hydrogen-bond acceptors (Lipinski definition) is 7. The normalized spacial score (nSPS) is 18.8. The van der Waals surface area contributed by atoms with Crippen LogP contribution in [0.5, 0.6) is 5.75 Å². The van der Waals surface area contributed by atoms with Crippen molar-refractivity contribution in [3.05, 3.63) is 11.8 Å². The van der Waals surface area contributed by atoms with Crippen LogP contribution >= 0.6 is 0 Å². The summed E-state index contributed by atoms with van der Waals surface area (Å²) in [4.78, 5) is 26.9. The molecule has 0 spiro atoms. The molecule has 1 fully saturated rings. The van der Waals surface area contributed by atoms with Gasteiger partial charge >= 0.3 is 6.09 Å². The number of nitrogens with zero attached hydrogens (tertiary/aromatic N) is 6. The van der Waals surface area contributed by atoms with Gasteiger partial charge in [0.05, 0.1) is 18.6 Å². The zero-order valence-corrected chi connectivity index (χ0v) is 17.0. The zero-order valence-electron chi connectivity index (χ0n) is 17.0. The fourth-order valence-corrected chi connectivity index (χ4v) is 3.15. The second-order valence-electron chi connectivity index (χ2n) is 8.08. The predicted molar refractivity (Wildman–Crippen MR) is 105 cm³/mol. The number of aromatic nitrogens is 1. The molecule has 0 aliphatic carbocycles. The van der Waals surface area contributed by atoms with Crippen molar-refractivity contribution >= 4 is 23.9 Å². The number of carbonyl (C=O) groups excluding carboxylic acids is 1. The molecule has 28 heavy (non-hydrogen) atoms. The highest BCUT2D eigenvalue weighted by Gasteiger charge is 2.38. The monoisotopic (exact) mass is 386 g/mol. The van der Waals surface area contributed by atoms with E-state index in [1.807, 2.05) is 39.8 Å². The number of nitriles is 1. The maximum absolute atomic E-state index is 12.6. The van der Waals surface area contributed by atoms with Crippen molar-refractivity contribution in [3.8, 4) is 11.8 Å². The third-order valence-electron chi connectivity index (χ3n) is 4.37. The van der Waals surface area contributed by atoms with Crippen molar-refractivity contribution in [2.45, 2.75) is 32.4 Å². The highest BCUT2D eigenvalue weighted by molar-refractivity contribution is 5.74. The van der Waals surface area contributed by atoms with Crippen LogP contribution in [-0.4, -0.2) is 79.2 Å². The molecular weight excluding hydrogens is 360 g/mol. The molecule has 1 saturated heterocycles. The Balaban J connectivity index is 1.88. The Morgan fingerprint density at radius 2 is 2.21 bits per heavy atom. The minimum Gasteiger partial charge on any atom is -0.486 e. The number of carbonyl (C=O) groups is 1. The lowest BCUT2D eigenvalue weighted by atomic mass is 10.1. The Kier molecular flexibility index (Phi) is 5.31. The summed E-state index contributed by atoms with van der Waals surface area (Å²) in [7, 11) is 3.70. The number of piperazine rings is 1. The predicted octanol–water partition coefficient (Wildman–Crippen LogP) is 1.99. The molecule has 0 unspecified atom stereocenters. The van der Waals surface area contributed by atoms with E-state index in [0.29, 0.717) is 42.5 Å². The third kappa shape index (κ3) is 4.11. The molecule has 0 aromatic carbocycles. The van der Waals surface area contributed by atoms with Gasteiger partial charge in [-0.05, 0) is 20.8 Å². The summed E-state index contributed by atoms with van der Waals surface area (Å²) in [6.45, 7) is 7.47. The smallest absolute Gasteiger partial charge is 0.410 e. The Morgan fingerprint density at radius 1 is 1.46 bits per heavy atom. The van der Waals surface area contributed by atoms with Crippen LogP contribution < -0.4 is 9.64 Å². The van der Waals surface area contributed by atoms with Gasteiger partial charge in [-0.2, -0.15) is 5.26 Å². The average molecular weight is 386 g/mol. The van der Waals surface area contributed by atoms with Gasteiger partial charge in [0.15, 0.2) is 11.6 Å². The number of amides is 1. The van der Waals surface area contributed by atoms with Gasteiger partial charge in [0.1, 0.15) is 29.5 Å². The molecule has 9 nitrogen and oxygen atoms in total. The SMILES string of the molecule is CN(C)/C=N/c1cnc2c(c1C#N)OC[C@H]1CN2CCN1C(=O)OC(C)(C)C. The largest absolute Gasteiger partial charge is 0.486 e. The summed E-state index contributed by atoms with van der Waals surface area (Å²) >= 11 is 0. The Hall–Kier alpha value is -3.02. The Bertz CT molecular complexity index is 824. The van der Waals surface area contributed by atoms with Crippen LogP contribution in [-0.2, 0) is 4.74 Å². The van der Waals surface area contributed by atoms with Gasteiger partial charge in [0.25, 0.3) is 0 Å². The van der Waals surface area contributed by atoms with Crippen molar-refractivity contribution in [2.75, 3.05) is 45.2 Å². The van der Waals surface area contributed by atoms with E-state index < -0.39 is 5.60 Å². The fraction of sp³-hybridized carbons (Fsp3) is 0.579. The van der Waals surface area contributed by atoms with Crippen molar-refractivity contribution in [3.63, 3.8) is 0 Å². The van der Waals surface area contributed by atoms with Crippen molar-refractivity contribution in [1.82, 2.24) is 14.8 Å². The first-order valence-electron chi connectivity index (χ1n) is 9.20. The van der Waals surface area contributed by atoms with Crippen molar-refractivity contribution in [1.29, 1.82) is 5.26 Å². The van der Waals surface area contributed by atoms with Gasteiger partial charge in [0, 0.05) is 33.7 Å². The number of pyridine rings is 1. The van der Waals surface area contributed by atoms with Gasteiger partial charge in [-0.25, -0.2) is 14.8 Å². The number of hydrogen-bond donors (Lipinski definition) is 0. The number of ether oxygens (including phenoxy) is 2. The molecule has 0 saturated carbocycles. The number of rotatable bonds is 2. The number of fused-ring (bicyclic) bond motifs is 4. The molecule has 1 aromatic rings. The van der Waals surface area contributed by atoms with E-state index in [1.165, 1.54) is 0 Å². The molecule has 3 heterocycles. The van der Waals surface area contributed by atoms with Crippen LogP contribution in [0.15, 0.2) is 11.2 Å². The van der Waals surface area contributed by atoms with E-state index in [0.717, 1.165) is 0 Å². The molecule has 1 aromatic heterocycles. The summed E-state index contributed by atoms with van der Waals surface area (Å²) in [5, 5.41) is 9.69. The van der Waals surface area contributed by atoms with E-state index >= 15 is 0 Å². The van der Waals surface area contributed by atoms with Crippen LogP contribution in [0, 0.1) is 11.3 Å². The topological polar surface area (TPSA) is 94.3 Å². The second-order valence-corrected chi connectivity index (χ2v) is 8.08. The molecule has 0 N–H and O–H groups in total. The van der Waals surface area contributed by atoms with Gasteiger partial charge in [-0.15, -0.1) is 0 Å². The molecule has 2 bridgehead atoms. The third-order valence-corrected chi connectivity index (χ3v) is 4.37. The first-order valence-corrected chi connectivity index (χ1v) is 9.20. The molecule has 2 aliphatic heterocycles. The van der Waals surface area contributed by atoms with Gasteiger partial charge in [-0.1, -0.05) is 0 Å². The summed E-state index contributed by atoms with van der Waals surface area (Å²) in [6, 6.07) is 2.01. The number of anilines is 1. The van der Waals surface area contributed by atoms with E-state index in [-0.39, 0.29) is 18.7 Å². The van der Waals surface area contributed by atoms with Gasteiger partial charge < -0.3 is 19.3 Å². The average Bonchev–Trinajstić information content (AvgIpc) is 2.75. The maximum atomic E-state index is 12.6. The first-order chi connectivity index (χ1) is 13.2. The summed E-state index contributed by atoms with van der Waals surface area (Å²) in [5.74, 6) is 1.04. The van der Waals surface area contributed by atoms with E-state index in [4.69, 9.17) is 9.47 Å². The lowest BCUT2D eigenvalue weighted by Gasteiger charge is -2.39. The highest BCUT2D eigenvalue weighted by Crippen LogP contribution is 2.38. The minimum atomic E-state index is -0.558. The quantitative estimate of drug-likeness (QED) is 0.567. The van der Waals surface area contributed by atoms with Crippen LogP contribution in [0.2, 0.25) is 0 Å². The standard InChI is InChI=1S/C19H26N6O3/c1-19(2,3)28-18(26)25-7-6-24-10-13(25)11-27-16-14(8-20)15(9-21-17(16)24)22-12-23(4)5/h9,12-13H,6-7,10-11H2,1-5H3/b22-12+/t13-/m1/s1. The summed E-state index contributed by atoms with van der Waals surface area (Å²) < 4.78 is 11.5. The van der Waals surface area contributed by atoms with Crippen LogP contribution in [0.25, 0.3) is 0 Å². The van der Waals surface area contributed by atoms with Gasteiger partial charge in [0.2, 0.25) is 0 Å². The van der Waals surface area contributed by atoms with Gasteiger partial charge in [-0.3, -0.25) is 4.90 Å². The van der Waals surface area contributed by atoms with E-state index in [2.05, 4.69) is 16.0 Å². The molecule has 1 atom stereocenters. The van der Waals surface area contributed by atoms with Crippen LogP contribution in [0.1, 0.15) is 26.3 Å². The van der Waals surface area contributed by atoms with Crippen molar-refractivity contribution in [2.24, 2.45) is 4.99 Å². The molecule has 1 amide bonds. The molecule has 150 valence electrons.